The van der Waals surface area contributed by atoms with Gasteiger partial charge >= 0.3 is 0 Å². The van der Waals surface area contributed by atoms with Crippen molar-refractivity contribution in [3.63, 3.8) is 0 Å². The van der Waals surface area contributed by atoms with Gasteiger partial charge in [0.1, 0.15) is 12.1 Å². The highest BCUT2D eigenvalue weighted by molar-refractivity contribution is 5.90. The molecule has 2 amide bonds. The Labute approximate surface area is 88.7 Å². The van der Waals surface area contributed by atoms with E-state index in [4.69, 9.17) is 10.5 Å². The SMILES string of the molecule is COCC(N)C(=O)NC1CCN(C)C1=O. The van der Waals surface area contributed by atoms with Gasteiger partial charge in [0.05, 0.1) is 6.61 Å². The van der Waals surface area contributed by atoms with Crippen LogP contribution in [0.25, 0.3) is 0 Å². The van der Waals surface area contributed by atoms with Crippen molar-refractivity contribution >= 4 is 11.8 Å². The summed E-state index contributed by atoms with van der Waals surface area (Å²) in [6.07, 6.45) is 0.640. The van der Waals surface area contributed by atoms with Crippen molar-refractivity contribution in [3.8, 4) is 0 Å². The molecule has 6 heteroatoms. The summed E-state index contributed by atoms with van der Waals surface area (Å²) in [5.41, 5.74) is 5.52. The summed E-state index contributed by atoms with van der Waals surface area (Å²) in [6.45, 7) is 0.825. The van der Waals surface area contributed by atoms with Crippen LogP contribution in [0.2, 0.25) is 0 Å². The third-order valence-electron chi connectivity index (χ3n) is 2.43. The van der Waals surface area contributed by atoms with Gasteiger partial charge < -0.3 is 20.7 Å². The molecule has 2 unspecified atom stereocenters. The van der Waals surface area contributed by atoms with Crippen LogP contribution >= 0.6 is 0 Å². The van der Waals surface area contributed by atoms with E-state index in [0.29, 0.717) is 13.0 Å². The van der Waals surface area contributed by atoms with Crippen LogP contribution < -0.4 is 11.1 Å². The maximum Gasteiger partial charge on any atom is 0.244 e. The predicted octanol–water partition coefficient (Wildman–Crippen LogP) is -1.69. The minimum atomic E-state index is -0.714. The zero-order valence-corrected chi connectivity index (χ0v) is 9.03. The molecule has 1 rings (SSSR count). The van der Waals surface area contributed by atoms with Crippen LogP contribution in [0.3, 0.4) is 0 Å². The normalized spacial score (nSPS) is 23.0. The lowest BCUT2D eigenvalue weighted by Gasteiger charge is -2.15. The molecule has 0 aromatic carbocycles. The van der Waals surface area contributed by atoms with Gasteiger partial charge in [-0.3, -0.25) is 9.59 Å². The fourth-order valence-corrected chi connectivity index (χ4v) is 1.49. The van der Waals surface area contributed by atoms with E-state index in [1.807, 2.05) is 0 Å². The fourth-order valence-electron chi connectivity index (χ4n) is 1.49. The summed E-state index contributed by atoms with van der Waals surface area (Å²) < 4.78 is 4.76. The van der Waals surface area contributed by atoms with Crippen LogP contribution in [0, 0.1) is 0 Å². The second-order valence-electron chi connectivity index (χ2n) is 3.67. The van der Waals surface area contributed by atoms with E-state index in [1.165, 1.54) is 7.11 Å². The lowest BCUT2D eigenvalue weighted by Crippen LogP contribution is -2.49. The molecule has 0 bridgehead atoms. The Kier molecular flexibility index (Phi) is 4.05. The maximum absolute atomic E-state index is 11.5. The molecule has 0 spiro atoms. The van der Waals surface area contributed by atoms with Gasteiger partial charge in [0.2, 0.25) is 11.8 Å². The summed E-state index contributed by atoms with van der Waals surface area (Å²) in [5.74, 6) is -0.404. The summed E-state index contributed by atoms with van der Waals surface area (Å²) >= 11 is 0. The van der Waals surface area contributed by atoms with Crippen LogP contribution in [0.5, 0.6) is 0 Å². The molecule has 6 nitrogen and oxygen atoms in total. The van der Waals surface area contributed by atoms with Gasteiger partial charge in [0.15, 0.2) is 0 Å². The number of carbonyl (C=O) groups excluding carboxylic acids is 2. The van der Waals surface area contributed by atoms with Crippen molar-refractivity contribution in [2.24, 2.45) is 5.73 Å². The lowest BCUT2D eigenvalue weighted by molar-refractivity contribution is -0.132. The third-order valence-corrected chi connectivity index (χ3v) is 2.43. The van der Waals surface area contributed by atoms with Crippen molar-refractivity contribution < 1.29 is 14.3 Å². The molecule has 1 saturated heterocycles. The van der Waals surface area contributed by atoms with Crippen molar-refractivity contribution in [1.29, 1.82) is 0 Å². The Morgan fingerprint density at radius 2 is 2.47 bits per heavy atom. The van der Waals surface area contributed by atoms with Crippen molar-refractivity contribution in [3.05, 3.63) is 0 Å². The molecule has 86 valence electrons. The van der Waals surface area contributed by atoms with Gasteiger partial charge in [0, 0.05) is 20.7 Å². The quantitative estimate of drug-likeness (QED) is 0.586. The molecule has 1 fully saturated rings. The topological polar surface area (TPSA) is 84.7 Å². The number of ether oxygens (including phenoxy) is 1. The zero-order chi connectivity index (χ0) is 11.4. The highest BCUT2D eigenvalue weighted by Crippen LogP contribution is 2.08. The smallest absolute Gasteiger partial charge is 0.244 e. The second kappa shape index (κ2) is 5.09. The molecule has 1 heterocycles. The van der Waals surface area contributed by atoms with Gasteiger partial charge in [-0.15, -0.1) is 0 Å². The molecule has 1 aliphatic heterocycles. The van der Waals surface area contributed by atoms with Crippen LogP contribution in [-0.4, -0.2) is 56.1 Å². The molecule has 2 atom stereocenters. The van der Waals surface area contributed by atoms with E-state index in [2.05, 4.69) is 5.32 Å². The third kappa shape index (κ3) is 2.90. The number of rotatable bonds is 4. The Balaban J connectivity index is 2.42. The molecule has 1 aliphatic rings. The van der Waals surface area contributed by atoms with Gasteiger partial charge in [0.25, 0.3) is 0 Å². The molecule has 0 aromatic rings. The summed E-state index contributed by atoms with van der Waals surface area (Å²) in [6, 6.07) is -1.14. The predicted molar refractivity (Wildman–Crippen MR) is 54.0 cm³/mol. The monoisotopic (exact) mass is 215 g/mol. The highest BCUT2D eigenvalue weighted by Gasteiger charge is 2.31. The number of hydrogen-bond donors (Lipinski definition) is 2. The number of nitrogens with one attached hydrogen (secondary N) is 1. The standard InChI is InChI=1S/C9H17N3O3/c1-12-4-3-7(9(12)14)11-8(13)6(10)5-15-2/h6-7H,3-5,10H2,1-2H3,(H,11,13). The van der Waals surface area contributed by atoms with Crippen molar-refractivity contribution in [2.45, 2.75) is 18.5 Å². The van der Waals surface area contributed by atoms with Crippen LogP contribution in [0.1, 0.15) is 6.42 Å². The molecule has 0 aliphatic carbocycles. The van der Waals surface area contributed by atoms with E-state index in [0.717, 1.165) is 0 Å². The largest absolute Gasteiger partial charge is 0.383 e. The number of hydrogen-bond acceptors (Lipinski definition) is 4. The molecule has 3 N–H and O–H groups in total. The lowest BCUT2D eigenvalue weighted by atomic mass is 10.2. The average molecular weight is 215 g/mol. The Bertz CT molecular complexity index is 257. The van der Waals surface area contributed by atoms with E-state index in [-0.39, 0.29) is 18.4 Å². The van der Waals surface area contributed by atoms with Gasteiger partial charge in [-0.05, 0) is 6.42 Å². The number of carbonyl (C=O) groups is 2. The van der Waals surface area contributed by atoms with E-state index in [1.54, 1.807) is 11.9 Å². The van der Waals surface area contributed by atoms with E-state index in [9.17, 15) is 9.59 Å². The number of nitrogens with two attached hydrogens (primary N) is 1. The first-order valence-electron chi connectivity index (χ1n) is 4.86. The zero-order valence-electron chi connectivity index (χ0n) is 9.03. The molecular weight excluding hydrogens is 198 g/mol. The molecule has 15 heavy (non-hydrogen) atoms. The van der Waals surface area contributed by atoms with Gasteiger partial charge in [-0.1, -0.05) is 0 Å². The van der Waals surface area contributed by atoms with Crippen LogP contribution in [0.4, 0.5) is 0 Å². The van der Waals surface area contributed by atoms with Crippen molar-refractivity contribution in [2.75, 3.05) is 27.3 Å². The Morgan fingerprint density at radius 1 is 1.80 bits per heavy atom. The summed E-state index contributed by atoms with van der Waals surface area (Å²) in [4.78, 5) is 24.5. The number of likely N-dealkylation sites (N-methyl/N-ethyl adjacent to an activating group) is 1. The molecular formula is C9H17N3O3. The van der Waals surface area contributed by atoms with Gasteiger partial charge in [-0.2, -0.15) is 0 Å². The fraction of sp³-hybridized carbons (Fsp3) is 0.778. The summed E-state index contributed by atoms with van der Waals surface area (Å²) in [5, 5.41) is 2.61. The molecule has 0 radical (unpaired) electrons. The minimum absolute atomic E-state index is 0.0621. The summed E-state index contributed by atoms with van der Waals surface area (Å²) in [7, 11) is 3.19. The van der Waals surface area contributed by atoms with Crippen molar-refractivity contribution in [1.82, 2.24) is 10.2 Å². The number of amides is 2. The number of methoxy groups -OCH3 is 1. The first-order valence-corrected chi connectivity index (χ1v) is 4.86. The average Bonchev–Trinajstić information content (AvgIpc) is 2.50. The first-order chi connectivity index (χ1) is 7.06. The Morgan fingerprint density at radius 3 is 2.93 bits per heavy atom. The van der Waals surface area contributed by atoms with E-state index >= 15 is 0 Å². The number of nitrogens with zero attached hydrogens (tertiary/aromatic N) is 1. The Hall–Kier alpha value is -1.14. The number of likely N-dealkylation sites (tertiary alicyclic amines) is 1. The van der Waals surface area contributed by atoms with Gasteiger partial charge in [-0.25, -0.2) is 0 Å². The first kappa shape index (κ1) is 11.9. The van der Waals surface area contributed by atoms with Crippen LogP contribution in [-0.2, 0) is 14.3 Å². The highest BCUT2D eigenvalue weighted by atomic mass is 16.5. The second-order valence-corrected chi connectivity index (χ2v) is 3.67. The van der Waals surface area contributed by atoms with E-state index < -0.39 is 12.1 Å². The maximum atomic E-state index is 11.5. The minimum Gasteiger partial charge on any atom is -0.383 e. The molecule has 0 aromatic heterocycles. The van der Waals surface area contributed by atoms with Crippen LogP contribution in [0.15, 0.2) is 0 Å². The molecule has 0 saturated carbocycles.